The van der Waals surface area contributed by atoms with E-state index in [4.69, 9.17) is 4.74 Å². The zero-order chi connectivity index (χ0) is 14.6. The van der Waals surface area contributed by atoms with E-state index in [1.807, 2.05) is 25.1 Å². The molecule has 0 saturated carbocycles. The maximum atomic E-state index is 11.8. The van der Waals surface area contributed by atoms with Crippen LogP contribution >= 0.6 is 0 Å². The Morgan fingerprint density at radius 3 is 2.45 bits per heavy atom. The zero-order valence-corrected chi connectivity index (χ0v) is 12.2. The van der Waals surface area contributed by atoms with Gasteiger partial charge in [0.05, 0.1) is 18.6 Å². The summed E-state index contributed by atoms with van der Waals surface area (Å²) in [5, 5.41) is 10.8. The number of piperidine rings is 1. The van der Waals surface area contributed by atoms with Crippen LogP contribution < -0.4 is 4.90 Å². The van der Waals surface area contributed by atoms with Crippen LogP contribution in [0.3, 0.4) is 0 Å². The quantitative estimate of drug-likeness (QED) is 0.857. The van der Waals surface area contributed by atoms with Gasteiger partial charge in [0, 0.05) is 18.8 Å². The van der Waals surface area contributed by atoms with Crippen LogP contribution in [-0.2, 0) is 9.53 Å². The van der Waals surface area contributed by atoms with Crippen LogP contribution in [0.15, 0.2) is 30.3 Å². The van der Waals surface area contributed by atoms with E-state index in [1.165, 1.54) is 12.8 Å². The molecule has 0 spiro atoms. The summed E-state index contributed by atoms with van der Waals surface area (Å²) in [5.74, 6) is -0.728. The molecule has 1 atom stereocenters. The Kier molecular flexibility index (Phi) is 4.65. The normalized spacial score (nSPS) is 19.4. The van der Waals surface area contributed by atoms with Crippen molar-refractivity contribution >= 4 is 11.7 Å². The van der Waals surface area contributed by atoms with Crippen molar-refractivity contribution in [2.75, 3.05) is 25.1 Å². The first-order valence-corrected chi connectivity index (χ1v) is 7.21. The van der Waals surface area contributed by atoms with Gasteiger partial charge in [-0.2, -0.15) is 0 Å². The molecule has 110 valence electrons. The van der Waals surface area contributed by atoms with Crippen molar-refractivity contribution in [3.05, 3.63) is 30.3 Å². The van der Waals surface area contributed by atoms with Crippen LogP contribution in [-0.4, -0.2) is 36.9 Å². The minimum Gasteiger partial charge on any atom is -0.469 e. The van der Waals surface area contributed by atoms with E-state index in [2.05, 4.69) is 17.0 Å². The fraction of sp³-hybridized carbons (Fsp3) is 0.562. The monoisotopic (exact) mass is 277 g/mol. The number of nitrogens with zero attached hydrogens (tertiary/aromatic N) is 1. The summed E-state index contributed by atoms with van der Waals surface area (Å²) in [6.07, 6.45) is 1.79. The molecule has 0 aliphatic carbocycles. The number of ether oxygens (including phenoxy) is 1. The SMILES string of the molecule is CCC(C(=O)OC)C1(O)CCN(c2ccccc2)CC1. The average Bonchev–Trinajstić information content (AvgIpc) is 2.49. The lowest BCUT2D eigenvalue weighted by Gasteiger charge is -2.42. The van der Waals surface area contributed by atoms with Crippen LogP contribution in [0, 0.1) is 5.92 Å². The number of hydrogen-bond acceptors (Lipinski definition) is 4. The topological polar surface area (TPSA) is 49.8 Å². The summed E-state index contributed by atoms with van der Waals surface area (Å²) < 4.78 is 4.82. The molecule has 1 fully saturated rings. The number of carbonyl (C=O) groups excluding carboxylic acids is 1. The maximum absolute atomic E-state index is 11.8. The Balaban J connectivity index is 2.04. The molecule has 1 aliphatic heterocycles. The van der Waals surface area contributed by atoms with E-state index in [9.17, 15) is 9.90 Å². The highest BCUT2D eigenvalue weighted by Gasteiger charge is 2.43. The summed E-state index contributed by atoms with van der Waals surface area (Å²) in [7, 11) is 1.38. The van der Waals surface area contributed by atoms with E-state index in [0.29, 0.717) is 19.3 Å². The van der Waals surface area contributed by atoms with Gasteiger partial charge in [-0.25, -0.2) is 0 Å². The van der Waals surface area contributed by atoms with E-state index in [1.54, 1.807) is 0 Å². The third-order valence-corrected chi connectivity index (χ3v) is 4.29. The van der Waals surface area contributed by atoms with Crippen LogP contribution in [0.25, 0.3) is 0 Å². The largest absolute Gasteiger partial charge is 0.469 e. The highest BCUT2D eigenvalue weighted by Crippen LogP contribution is 2.34. The number of benzene rings is 1. The first-order valence-electron chi connectivity index (χ1n) is 7.21. The molecule has 0 bridgehead atoms. The van der Waals surface area contributed by atoms with Crippen molar-refractivity contribution in [1.82, 2.24) is 0 Å². The van der Waals surface area contributed by atoms with Crippen LogP contribution in [0.5, 0.6) is 0 Å². The lowest BCUT2D eigenvalue weighted by atomic mass is 9.78. The first kappa shape index (κ1) is 14.9. The van der Waals surface area contributed by atoms with Crippen LogP contribution in [0.1, 0.15) is 26.2 Å². The van der Waals surface area contributed by atoms with E-state index in [-0.39, 0.29) is 5.97 Å². The van der Waals surface area contributed by atoms with Crippen molar-refractivity contribution < 1.29 is 14.6 Å². The molecular formula is C16H23NO3. The highest BCUT2D eigenvalue weighted by atomic mass is 16.5. The fourth-order valence-electron chi connectivity index (χ4n) is 3.05. The van der Waals surface area contributed by atoms with Gasteiger partial charge in [0.2, 0.25) is 0 Å². The van der Waals surface area contributed by atoms with Crippen molar-refractivity contribution in [3.8, 4) is 0 Å². The summed E-state index contributed by atoms with van der Waals surface area (Å²) in [5.41, 5.74) is 0.230. The Morgan fingerprint density at radius 2 is 1.95 bits per heavy atom. The maximum Gasteiger partial charge on any atom is 0.311 e. The summed E-state index contributed by atoms with van der Waals surface area (Å²) >= 11 is 0. The molecule has 1 aromatic rings. The number of rotatable bonds is 4. The molecule has 2 rings (SSSR count). The number of para-hydroxylation sites is 1. The molecule has 4 nitrogen and oxygen atoms in total. The van der Waals surface area contributed by atoms with Gasteiger partial charge >= 0.3 is 5.97 Å². The number of anilines is 1. The van der Waals surface area contributed by atoms with Gasteiger partial charge in [0.25, 0.3) is 0 Å². The summed E-state index contributed by atoms with van der Waals surface area (Å²) in [6, 6.07) is 10.2. The summed E-state index contributed by atoms with van der Waals surface area (Å²) in [6.45, 7) is 3.44. The standard InChI is InChI=1S/C16H23NO3/c1-3-14(15(18)20-2)16(19)9-11-17(12-10-16)13-7-5-4-6-8-13/h4-8,14,19H,3,9-12H2,1-2H3. The van der Waals surface area contributed by atoms with Crippen molar-refractivity contribution in [2.24, 2.45) is 5.92 Å². The molecule has 1 aromatic carbocycles. The third kappa shape index (κ3) is 2.96. The lowest BCUT2D eigenvalue weighted by molar-refractivity contribution is -0.157. The minimum absolute atomic E-state index is 0.303. The van der Waals surface area contributed by atoms with E-state index in [0.717, 1.165) is 13.1 Å². The van der Waals surface area contributed by atoms with Gasteiger partial charge in [0.15, 0.2) is 0 Å². The molecule has 1 heterocycles. The molecule has 0 amide bonds. The van der Waals surface area contributed by atoms with E-state index < -0.39 is 11.5 Å². The van der Waals surface area contributed by atoms with Crippen LogP contribution in [0.2, 0.25) is 0 Å². The highest BCUT2D eigenvalue weighted by molar-refractivity contribution is 5.73. The molecule has 20 heavy (non-hydrogen) atoms. The molecule has 4 heteroatoms. The number of hydrogen-bond donors (Lipinski definition) is 1. The van der Waals surface area contributed by atoms with Gasteiger partial charge < -0.3 is 14.7 Å². The smallest absolute Gasteiger partial charge is 0.311 e. The van der Waals surface area contributed by atoms with Crippen molar-refractivity contribution in [3.63, 3.8) is 0 Å². The van der Waals surface area contributed by atoms with E-state index >= 15 is 0 Å². The zero-order valence-electron chi connectivity index (χ0n) is 12.2. The predicted molar refractivity (Wildman–Crippen MR) is 78.6 cm³/mol. The lowest BCUT2D eigenvalue weighted by Crippen LogP contribution is -2.51. The van der Waals surface area contributed by atoms with Crippen molar-refractivity contribution in [2.45, 2.75) is 31.8 Å². The summed E-state index contributed by atoms with van der Waals surface area (Å²) in [4.78, 5) is 14.1. The van der Waals surface area contributed by atoms with Gasteiger partial charge in [-0.3, -0.25) is 4.79 Å². The number of esters is 1. The Bertz CT molecular complexity index is 438. The minimum atomic E-state index is -0.937. The molecule has 1 aliphatic rings. The molecule has 1 N–H and O–H groups in total. The molecule has 1 unspecified atom stereocenters. The molecular weight excluding hydrogens is 254 g/mol. The Hall–Kier alpha value is -1.55. The van der Waals surface area contributed by atoms with Gasteiger partial charge in [-0.05, 0) is 31.4 Å². The second-order valence-electron chi connectivity index (χ2n) is 5.41. The average molecular weight is 277 g/mol. The Morgan fingerprint density at radius 1 is 1.35 bits per heavy atom. The molecule has 0 radical (unpaired) electrons. The fourth-order valence-corrected chi connectivity index (χ4v) is 3.05. The number of aliphatic hydroxyl groups is 1. The third-order valence-electron chi connectivity index (χ3n) is 4.29. The molecule has 1 saturated heterocycles. The first-order chi connectivity index (χ1) is 9.60. The van der Waals surface area contributed by atoms with Crippen molar-refractivity contribution in [1.29, 1.82) is 0 Å². The van der Waals surface area contributed by atoms with Gasteiger partial charge in [0.1, 0.15) is 0 Å². The Labute approximate surface area is 120 Å². The number of carbonyl (C=O) groups is 1. The second-order valence-corrected chi connectivity index (χ2v) is 5.41. The molecule has 0 aromatic heterocycles. The second kappa shape index (κ2) is 6.27. The van der Waals surface area contributed by atoms with Crippen LogP contribution in [0.4, 0.5) is 5.69 Å². The predicted octanol–water partition coefficient (Wildman–Crippen LogP) is 2.22. The van der Waals surface area contributed by atoms with Gasteiger partial charge in [-0.15, -0.1) is 0 Å². The van der Waals surface area contributed by atoms with Gasteiger partial charge in [-0.1, -0.05) is 25.1 Å². The number of methoxy groups -OCH3 is 1.